The first-order valence-electron chi connectivity index (χ1n) is 9.36. The molecule has 4 nitrogen and oxygen atoms in total. The van der Waals surface area contributed by atoms with Gasteiger partial charge in [-0.25, -0.2) is 13.6 Å². The van der Waals surface area contributed by atoms with Crippen LogP contribution < -0.4 is 5.32 Å². The lowest BCUT2D eigenvalue weighted by Crippen LogP contribution is -2.46. The van der Waals surface area contributed by atoms with Crippen LogP contribution in [0.1, 0.15) is 25.0 Å². The molecule has 0 atom stereocenters. The van der Waals surface area contributed by atoms with Crippen LogP contribution in [0.15, 0.2) is 48.5 Å². The van der Waals surface area contributed by atoms with Crippen molar-refractivity contribution in [3.63, 3.8) is 0 Å². The van der Waals surface area contributed by atoms with Crippen LogP contribution >= 0.6 is 0 Å². The molecule has 0 aliphatic rings. The SMILES string of the molecule is CN(C)CCN(Cc1ccc(F)cc1)C(=O)NCC(C)(C)c1ccccc1F. The van der Waals surface area contributed by atoms with E-state index in [0.29, 0.717) is 31.7 Å². The molecule has 0 radical (unpaired) electrons. The van der Waals surface area contributed by atoms with Crippen molar-refractivity contribution in [2.45, 2.75) is 25.8 Å². The van der Waals surface area contributed by atoms with E-state index in [1.165, 1.54) is 18.2 Å². The zero-order valence-corrected chi connectivity index (χ0v) is 17.0. The van der Waals surface area contributed by atoms with E-state index < -0.39 is 5.41 Å². The number of halogens is 2. The monoisotopic (exact) mass is 389 g/mol. The van der Waals surface area contributed by atoms with Gasteiger partial charge in [0.2, 0.25) is 0 Å². The normalized spacial score (nSPS) is 11.5. The quantitative estimate of drug-likeness (QED) is 0.740. The molecule has 0 spiro atoms. The Balaban J connectivity index is 2.06. The number of urea groups is 1. The molecular weight excluding hydrogens is 360 g/mol. The number of rotatable bonds is 8. The molecule has 0 aliphatic heterocycles. The molecule has 28 heavy (non-hydrogen) atoms. The lowest BCUT2D eigenvalue weighted by atomic mass is 9.84. The van der Waals surface area contributed by atoms with Crippen molar-refractivity contribution >= 4 is 6.03 Å². The molecule has 0 heterocycles. The number of carbonyl (C=O) groups is 1. The number of benzene rings is 2. The molecule has 2 aromatic carbocycles. The minimum absolute atomic E-state index is 0.226. The summed E-state index contributed by atoms with van der Waals surface area (Å²) >= 11 is 0. The van der Waals surface area contributed by atoms with E-state index in [-0.39, 0.29) is 17.7 Å². The molecule has 0 bridgehead atoms. The van der Waals surface area contributed by atoms with Crippen molar-refractivity contribution in [3.8, 4) is 0 Å². The summed E-state index contributed by atoms with van der Waals surface area (Å²) in [5, 5.41) is 2.93. The minimum atomic E-state index is -0.551. The summed E-state index contributed by atoms with van der Waals surface area (Å²) in [4.78, 5) is 16.5. The van der Waals surface area contributed by atoms with Gasteiger partial charge >= 0.3 is 6.03 Å². The van der Waals surface area contributed by atoms with Gasteiger partial charge in [-0.15, -0.1) is 0 Å². The second-order valence-electron chi connectivity index (χ2n) is 7.87. The van der Waals surface area contributed by atoms with Gasteiger partial charge in [0.05, 0.1) is 0 Å². The number of nitrogens with zero attached hydrogens (tertiary/aromatic N) is 2. The highest BCUT2D eigenvalue weighted by atomic mass is 19.1. The van der Waals surface area contributed by atoms with E-state index >= 15 is 0 Å². The number of amides is 2. The average molecular weight is 389 g/mol. The third-order valence-corrected chi connectivity index (χ3v) is 4.68. The molecule has 0 fully saturated rings. The smallest absolute Gasteiger partial charge is 0.317 e. The second kappa shape index (κ2) is 9.64. The molecule has 0 unspecified atom stereocenters. The topological polar surface area (TPSA) is 35.6 Å². The number of carbonyl (C=O) groups excluding carboxylic acids is 1. The molecule has 0 aliphatic carbocycles. The maximum absolute atomic E-state index is 14.1. The van der Waals surface area contributed by atoms with E-state index in [0.717, 1.165) is 5.56 Å². The Kier molecular flexibility index (Phi) is 7.52. The van der Waals surface area contributed by atoms with Crippen LogP contribution in [-0.4, -0.2) is 49.6 Å². The summed E-state index contributed by atoms with van der Waals surface area (Å²) in [6.07, 6.45) is 0. The van der Waals surface area contributed by atoms with Gasteiger partial charge in [-0.1, -0.05) is 44.2 Å². The van der Waals surface area contributed by atoms with Crippen LogP contribution in [0.5, 0.6) is 0 Å². The van der Waals surface area contributed by atoms with Crippen LogP contribution in [0.3, 0.4) is 0 Å². The number of likely N-dealkylation sites (N-methyl/N-ethyl adjacent to an activating group) is 1. The summed E-state index contributed by atoms with van der Waals surface area (Å²) in [7, 11) is 3.88. The van der Waals surface area contributed by atoms with Crippen molar-refractivity contribution in [3.05, 3.63) is 71.3 Å². The second-order valence-corrected chi connectivity index (χ2v) is 7.87. The standard InChI is InChI=1S/C22H29F2N3O/c1-22(2,19-7-5-6-8-20(19)24)16-25-21(28)27(14-13-26(3)4)15-17-9-11-18(23)12-10-17/h5-12H,13-16H2,1-4H3,(H,25,28). The average Bonchev–Trinajstić information content (AvgIpc) is 2.65. The molecule has 0 saturated heterocycles. The fourth-order valence-electron chi connectivity index (χ4n) is 2.90. The summed E-state index contributed by atoms with van der Waals surface area (Å²) < 4.78 is 27.3. The van der Waals surface area contributed by atoms with Gasteiger partial charge in [0, 0.05) is 31.6 Å². The van der Waals surface area contributed by atoms with Gasteiger partial charge in [-0.05, 0) is 43.4 Å². The Morgan fingerprint density at radius 3 is 2.25 bits per heavy atom. The van der Waals surface area contributed by atoms with Gasteiger partial charge in [-0.2, -0.15) is 0 Å². The highest BCUT2D eigenvalue weighted by molar-refractivity contribution is 5.74. The highest BCUT2D eigenvalue weighted by Gasteiger charge is 2.25. The predicted molar refractivity (Wildman–Crippen MR) is 108 cm³/mol. The molecule has 2 rings (SSSR count). The van der Waals surface area contributed by atoms with Gasteiger partial charge < -0.3 is 15.1 Å². The van der Waals surface area contributed by atoms with E-state index in [9.17, 15) is 13.6 Å². The number of nitrogens with one attached hydrogen (secondary N) is 1. The first-order chi connectivity index (χ1) is 13.2. The molecule has 6 heteroatoms. The van der Waals surface area contributed by atoms with Crippen molar-refractivity contribution in [1.29, 1.82) is 0 Å². The highest BCUT2D eigenvalue weighted by Crippen LogP contribution is 2.24. The van der Waals surface area contributed by atoms with Crippen LogP contribution in [0.25, 0.3) is 0 Å². The molecule has 1 N–H and O–H groups in total. The minimum Gasteiger partial charge on any atom is -0.337 e. The number of hydrogen-bond donors (Lipinski definition) is 1. The predicted octanol–water partition coefficient (Wildman–Crippen LogP) is 4.02. The van der Waals surface area contributed by atoms with E-state index in [2.05, 4.69) is 5.32 Å². The van der Waals surface area contributed by atoms with E-state index in [1.54, 1.807) is 35.2 Å². The Morgan fingerprint density at radius 1 is 1.00 bits per heavy atom. The van der Waals surface area contributed by atoms with E-state index in [1.807, 2.05) is 32.8 Å². The molecule has 2 aromatic rings. The third-order valence-electron chi connectivity index (χ3n) is 4.68. The van der Waals surface area contributed by atoms with Gasteiger partial charge in [0.1, 0.15) is 11.6 Å². The fourth-order valence-corrected chi connectivity index (χ4v) is 2.90. The van der Waals surface area contributed by atoms with Crippen molar-refractivity contribution in [2.75, 3.05) is 33.7 Å². The van der Waals surface area contributed by atoms with E-state index in [4.69, 9.17) is 0 Å². The summed E-state index contributed by atoms with van der Waals surface area (Å²) in [6.45, 7) is 5.70. The van der Waals surface area contributed by atoms with Crippen molar-refractivity contribution in [1.82, 2.24) is 15.1 Å². The van der Waals surface area contributed by atoms with Crippen molar-refractivity contribution < 1.29 is 13.6 Å². The summed E-state index contributed by atoms with van der Waals surface area (Å²) in [5.41, 5.74) is 0.863. The maximum Gasteiger partial charge on any atom is 0.317 e. The Labute approximate surface area is 166 Å². The van der Waals surface area contributed by atoms with Crippen LogP contribution in [0, 0.1) is 11.6 Å². The largest absolute Gasteiger partial charge is 0.337 e. The Morgan fingerprint density at radius 2 is 1.64 bits per heavy atom. The molecule has 152 valence electrons. The lowest BCUT2D eigenvalue weighted by Gasteiger charge is -2.29. The summed E-state index contributed by atoms with van der Waals surface area (Å²) in [5.74, 6) is -0.586. The lowest BCUT2D eigenvalue weighted by molar-refractivity contribution is 0.186. The Hall–Kier alpha value is -2.47. The Bertz CT molecular complexity index is 776. The van der Waals surface area contributed by atoms with Gasteiger partial charge in [0.25, 0.3) is 0 Å². The molecule has 0 aromatic heterocycles. The first kappa shape index (κ1) is 21.8. The third kappa shape index (κ3) is 6.30. The molecule has 2 amide bonds. The van der Waals surface area contributed by atoms with Crippen molar-refractivity contribution in [2.24, 2.45) is 0 Å². The molecular formula is C22H29F2N3O. The van der Waals surface area contributed by atoms with Crippen LogP contribution in [0.2, 0.25) is 0 Å². The maximum atomic E-state index is 14.1. The summed E-state index contributed by atoms with van der Waals surface area (Å²) in [6, 6.07) is 12.5. The zero-order valence-electron chi connectivity index (χ0n) is 17.0. The fraction of sp³-hybridized carbons (Fsp3) is 0.409. The zero-order chi connectivity index (χ0) is 20.7. The van der Waals surface area contributed by atoms with Gasteiger partial charge in [-0.3, -0.25) is 0 Å². The molecule has 0 saturated carbocycles. The van der Waals surface area contributed by atoms with Gasteiger partial charge in [0.15, 0.2) is 0 Å². The number of hydrogen-bond acceptors (Lipinski definition) is 2. The van der Waals surface area contributed by atoms with Crippen LogP contribution in [-0.2, 0) is 12.0 Å². The first-order valence-corrected chi connectivity index (χ1v) is 9.36. The van der Waals surface area contributed by atoms with Crippen LogP contribution in [0.4, 0.5) is 13.6 Å².